The molecule has 1 amide bonds. The number of hydrogen-bond donors (Lipinski definition) is 0. The van der Waals surface area contributed by atoms with Crippen molar-refractivity contribution < 1.29 is 4.79 Å². The zero-order chi connectivity index (χ0) is 18.6. The summed E-state index contributed by atoms with van der Waals surface area (Å²) in [5, 5.41) is 0.671. The number of rotatable bonds is 4. The van der Waals surface area contributed by atoms with Crippen LogP contribution >= 0.6 is 11.6 Å². The summed E-state index contributed by atoms with van der Waals surface area (Å²) in [6.07, 6.45) is 7.52. The second-order valence-corrected chi connectivity index (χ2v) is 7.12. The van der Waals surface area contributed by atoms with Crippen molar-refractivity contribution in [3.63, 3.8) is 0 Å². The second kappa shape index (κ2) is 7.94. The van der Waals surface area contributed by atoms with Crippen LogP contribution in [0.1, 0.15) is 11.3 Å². The highest BCUT2D eigenvalue weighted by Gasteiger charge is 2.20. The van der Waals surface area contributed by atoms with Crippen LogP contribution in [0.15, 0.2) is 60.9 Å². The summed E-state index contributed by atoms with van der Waals surface area (Å²) in [7, 11) is 0. The van der Waals surface area contributed by atoms with Crippen molar-refractivity contribution in [2.24, 2.45) is 0 Å². The Balaban J connectivity index is 1.31. The molecular formula is C21H21ClN4O. The van der Waals surface area contributed by atoms with E-state index in [4.69, 9.17) is 11.6 Å². The van der Waals surface area contributed by atoms with E-state index >= 15 is 0 Å². The molecule has 1 aliphatic heterocycles. The van der Waals surface area contributed by atoms with E-state index in [0.717, 1.165) is 49.6 Å². The molecule has 1 aliphatic rings. The SMILES string of the molecule is O=C(/C=C/c1cccc(Cl)c1)N1CCN(Cc2cn3ccccc3n2)CC1. The average molecular weight is 381 g/mol. The second-order valence-electron chi connectivity index (χ2n) is 6.69. The number of carbonyl (C=O) groups is 1. The van der Waals surface area contributed by atoms with E-state index in [-0.39, 0.29) is 5.91 Å². The van der Waals surface area contributed by atoms with Gasteiger partial charge in [0.15, 0.2) is 0 Å². The molecule has 0 bridgehead atoms. The minimum atomic E-state index is 0.0438. The summed E-state index contributed by atoms with van der Waals surface area (Å²) < 4.78 is 2.04. The van der Waals surface area contributed by atoms with Gasteiger partial charge in [-0.1, -0.05) is 29.8 Å². The number of carbonyl (C=O) groups excluding carboxylic acids is 1. The molecule has 138 valence electrons. The van der Waals surface area contributed by atoms with E-state index in [9.17, 15) is 4.79 Å². The zero-order valence-electron chi connectivity index (χ0n) is 15.0. The quantitative estimate of drug-likeness (QED) is 0.652. The molecule has 4 rings (SSSR count). The van der Waals surface area contributed by atoms with Crippen molar-refractivity contribution in [1.82, 2.24) is 19.2 Å². The molecule has 1 fully saturated rings. The van der Waals surface area contributed by atoms with E-state index in [1.807, 2.05) is 64.0 Å². The van der Waals surface area contributed by atoms with Gasteiger partial charge in [0.25, 0.3) is 0 Å². The summed E-state index contributed by atoms with van der Waals surface area (Å²) in [5.41, 5.74) is 2.95. The topological polar surface area (TPSA) is 40.9 Å². The Morgan fingerprint density at radius 2 is 1.96 bits per heavy atom. The Morgan fingerprint density at radius 1 is 1.11 bits per heavy atom. The van der Waals surface area contributed by atoms with Crippen molar-refractivity contribution >= 4 is 29.2 Å². The molecule has 0 radical (unpaired) electrons. The summed E-state index contributed by atoms with van der Waals surface area (Å²) in [6, 6.07) is 13.5. The van der Waals surface area contributed by atoms with Gasteiger partial charge in [0.05, 0.1) is 5.69 Å². The molecule has 0 saturated carbocycles. The number of benzene rings is 1. The third kappa shape index (κ3) is 4.38. The maximum absolute atomic E-state index is 12.4. The first kappa shape index (κ1) is 17.8. The lowest BCUT2D eigenvalue weighted by Gasteiger charge is -2.33. The molecule has 3 heterocycles. The van der Waals surface area contributed by atoms with E-state index in [0.29, 0.717) is 5.02 Å². The third-order valence-corrected chi connectivity index (χ3v) is 4.99. The normalized spacial score (nSPS) is 15.7. The third-order valence-electron chi connectivity index (χ3n) is 4.75. The van der Waals surface area contributed by atoms with E-state index in [2.05, 4.69) is 16.1 Å². The van der Waals surface area contributed by atoms with Gasteiger partial charge in [0.2, 0.25) is 5.91 Å². The Kier molecular flexibility index (Phi) is 5.23. The minimum Gasteiger partial charge on any atom is -0.337 e. The van der Waals surface area contributed by atoms with Gasteiger partial charge in [-0.3, -0.25) is 9.69 Å². The van der Waals surface area contributed by atoms with Crippen LogP contribution in [0, 0.1) is 0 Å². The van der Waals surface area contributed by atoms with E-state index in [1.54, 1.807) is 6.08 Å². The van der Waals surface area contributed by atoms with Crippen LogP contribution in [0.5, 0.6) is 0 Å². The molecule has 1 aromatic carbocycles. The fraction of sp³-hybridized carbons (Fsp3) is 0.238. The number of aromatic nitrogens is 2. The zero-order valence-corrected chi connectivity index (χ0v) is 15.7. The highest BCUT2D eigenvalue weighted by atomic mass is 35.5. The molecule has 2 aromatic heterocycles. The lowest BCUT2D eigenvalue weighted by atomic mass is 10.2. The number of piperazine rings is 1. The van der Waals surface area contributed by atoms with Gasteiger partial charge >= 0.3 is 0 Å². The Hall–Kier alpha value is -2.63. The number of pyridine rings is 1. The molecular weight excluding hydrogens is 360 g/mol. The van der Waals surface area contributed by atoms with E-state index in [1.165, 1.54) is 0 Å². The van der Waals surface area contributed by atoms with Gasteiger partial charge in [0.1, 0.15) is 5.65 Å². The number of nitrogens with zero attached hydrogens (tertiary/aromatic N) is 4. The Morgan fingerprint density at radius 3 is 2.74 bits per heavy atom. The summed E-state index contributed by atoms with van der Waals surface area (Å²) in [4.78, 5) is 21.3. The molecule has 0 spiro atoms. The van der Waals surface area contributed by atoms with Crippen molar-refractivity contribution in [1.29, 1.82) is 0 Å². The van der Waals surface area contributed by atoms with Crippen LogP contribution in [0.4, 0.5) is 0 Å². The standard InChI is InChI=1S/C21H21ClN4O/c22-18-5-3-4-17(14-18)7-8-21(27)25-12-10-24(11-13-25)15-19-16-26-9-2-1-6-20(26)23-19/h1-9,14,16H,10-13,15H2/b8-7+. The maximum Gasteiger partial charge on any atom is 0.246 e. The Labute approximate surface area is 163 Å². The predicted molar refractivity (Wildman–Crippen MR) is 108 cm³/mol. The summed E-state index contributed by atoms with van der Waals surface area (Å²) in [5.74, 6) is 0.0438. The van der Waals surface area contributed by atoms with Crippen molar-refractivity contribution in [2.45, 2.75) is 6.54 Å². The highest BCUT2D eigenvalue weighted by Crippen LogP contribution is 2.13. The van der Waals surface area contributed by atoms with Crippen molar-refractivity contribution in [2.75, 3.05) is 26.2 Å². The molecule has 6 heteroatoms. The number of imidazole rings is 1. The smallest absolute Gasteiger partial charge is 0.246 e. The van der Waals surface area contributed by atoms with Crippen LogP contribution < -0.4 is 0 Å². The molecule has 27 heavy (non-hydrogen) atoms. The van der Waals surface area contributed by atoms with Crippen molar-refractivity contribution in [3.8, 4) is 0 Å². The molecule has 3 aromatic rings. The summed E-state index contributed by atoms with van der Waals surface area (Å²) >= 11 is 5.98. The number of amides is 1. The monoisotopic (exact) mass is 380 g/mol. The van der Waals surface area contributed by atoms with Crippen LogP contribution in [0.3, 0.4) is 0 Å². The molecule has 5 nitrogen and oxygen atoms in total. The summed E-state index contributed by atoms with van der Waals surface area (Å²) in [6.45, 7) is 3.97. The highest BCUT2D eigenvalue weighted by molar-refractivity contribution is 6.30. The first-order valence-corrected chi connectivity index (χ1v) is 9.43. The first-order valence-electron chi connectivity index (χ1n) is 9.05. The maximum atomic E-state index is 12.4. The predicted octanol–water partition coefficient (Wildman–Crippen LogP) is 3.35. The van der Waals surface area contributed by atoms with Crippen LogP contribution in [0.2, 0.25) is 5.02 Å². The fourth-order valence-electron chi connectivity index (χ4n) is 3.30. The molecule has 0 N–H and O–H groups in total. The largest absolute Gasteiger partial charge is 0.337 e. The first-order chi connectivity index (χ1) is 13.2. The van der Waals surface area contributed by atoms with Gasteiger partial charge < -0.3 is 9.30 Å². The molecule has 1 saturated heterocycles. The van der Waals surface area contributed by atoms with E-state index < -0.39 is 0 Å². The van der Waals surface area contributed by atoms with Gasteiger partial charge in [0, 0.05) is 56.2 Å². The molecule has 0 unspecified atom stereocenters. The van der Waals surface area contributed by atoms with Gasteiger partial charge in [-0.2, -0.15) is 0 Å². The van der Waals surface area contributed by atoms with Crippen LogP contribution in [0.25, 0.3) is 11.7 Å². The lowest BCUT2D eigenvalue weighted by molar-refractivity contribution is -0.127. The number of fused-ring (bicyclic) bond motifs is 1. The molecule has 0 atom stereocenters. The Bertz CT molecular complexity index is 940. The fourth-order valence-corrected chi connectivity index (χ4v) is 3.50. The van der Waals surface area contributed by atoms with Gasteiger partial charge in [-0.25, -0.2) is 4.98 Å². The number of hydrogen-bond acceptors (Lipinski definition) is 3. The number of halogens is 1. The van der Waals surface area contributed by atoms with Crippen LogP contribution in [-0.2, 0) is 11.3 Å². The minimum absolute atomic E-state index is 0.0438. The average Bonchev–Trinajstić information content (AvgIpc) is 3.09. The van der Waals surface area contributed by atoms with Crippen LogP contribution in [-0.4, -0.2) is 51.3 Å². The lowest BCUT2D eigenvalue weighted by Crippen LogP contribution is -2.47. The van der Waals surface area contributed by atoms with Gasteiger partial charge in [-0.15, -0.1) is 0 Å². The van der Waals surface area contributed by atoms with Gasteiger partial charge in [-0.05, 0) is 35.9 Å². The van der Waals surface area contributed by atoms with Crippen molar-refractivity contribution in [3.05, 3.63) is 77.2 Å². The molecule has 0 aliphatic carbocycles.